The molecule has 0 fully saturated rings. The molecule has 0 amide bonds. The number of rotatable bonds is 4. The van der Waals surface area contributed by atoms with Crippen LogP contribution in [-0.2, 0) is 16.4 Å². The number of nitrogens with zero attached hydrogens (tertiary/aromatic N) is 2. The van der Waals surface area contributed by atoms with Crippen molar-refractivity contribution in [2.45, 2.75) is 18.4 Å². The molecule has 2 N–H and O–H groups in total. The van der Waals surface area contributed by atoms with Crippen LogP contribution in [-0.4, -0.2) is 29.4 Å². The van der Waals surface area contributed by atoms with E-state index in [-0.39, 0.29) is 10.8 Å². The van der Waals surface area contributed by atoms with E-state index in [4.69, 9.17) is 18.0 Å². The normalized spacial score (nSPS) is 13.7. The third kappa shape index (κ3) is 3.28. The minimum atomic E-state index is -3.19. The summed E-state index contributed by atoms with van der Waals surface area (Å²) < 4.78 is 23.9. The van der Waals surface area contributed by atoms with Crippen LogP contribution in [0.2, 0.25) is 0 Å². The fourth-order valence-corrected chi connectivity index (χ4v) is 1.63. The van der Waals surface area contributed by atoms with Gasteiger partial charge in [0, 0.05) is 24.9 Å². The Morgan fingerprint density at radius 1 is 1.73 bits per heavy atom. The van der Waals surface area contributed by atoms with Gasteiger partial charge in [-0.2, -0.15) is 5.10 Å². The summed E-state index contributed by atoms with van der Waals surface area (Å²) in [5.74, 6) is -0.00712. The van der Waals surface area contributed by atoms with Crippen LogP contribution in [0, 0.1) is 5.92 Å². The zero-order chi connectivity index (χ0) is 11.6. The number of thiocarbonyl (C=S) groups is 1. The molecular weight excluding hydrogens is 234 g/mol. The van der Waals surface area contributed by atoms with Crippen LogP contribution in [0.5, 0.6) is 0 Å². The second kappa shape index (κ2) is 4.28. The van der Waals surface area contributed by atoms with E-state index in [9.17, 15) is 8.42 Å². The number of hydrogen-bond acceptors (Lipinski definition) is 4. The Hall–Kier alpha value is -0.950. The molecule has 0 bridgehead atoms. The minimum absolute atomic E-state index is 0.00712. The molecule has 0 saturated heterocycles. The maximum Gasteiger partial charge on any atom is 0.178 e. The van der Waals surface area contributed by atoms with E-state index >= 15 is 0 Å². The van der Waals surface area contributed by atoms with Gasteiger partial charge in [-0.3, -0.25) is 4.68 Å². The van der Waals surface area contributed by atoms with Gasteiger partial charge in [0.2, 0.25) is 0 Å². The predicted molar refractivity (Wildman–Crippen MR) is 61.3 cm³/mol. The zero-order valence-corrected chi connectivity index (χ0v) is 10.2. The molecule has 1 aromatic heterocycles. The zero-order valence-electron chi connectivity index (χ0n) is 8.54. The molecule has 84 valence electrons. The summed E-state index contributed by atoms with van der Waals surface area (Å²) in [7, 11) is -3.19. The molecular formula is C8H13N3O2S2. The van der Waals surface area contributed by atoms with E-state index in [0.29, 0.717) is 11.5 Å². The quantitative estimate of drug-likeness (QED) is 0.769. The van der Waals surface area contributed by atoms with Crippen LogP contribution in [0.15, 0.2) is 17.3 Å². The highest BCUT2D eigenvalue weighted by Crippen LogP contribution is 2.08. The van der Waals surface area contributed by atoms with Crippen LogP contribution in [0.1, 0.15) is 6.92 Å². The lowest BCUT2D eigenvalue weighted by Gasteiger charge is -2.08. The molecule has 0 aromatic carbocycles. The van der Waals surface area contributed by atoms with Crippen molar-refractivity contribution in [3.63, 3.8) is 0 Å². The first-order valence-electron chi connectivity index (χ1n) is 4.32. The van der Waals surface area contributed by atoms with Gasteiger partial charge in [0.05, 0.1) is 11.2 Å². The molecule has 7 heteroatoms. The van der Waals surface area contributed by atoms with Crippen molar-refractivity contribution in [3.8, 4) is 0 Å². The van der Waals surface area contributed by atoms with Gasteiger partial charge in [0.15, 0.2) is 9.84 Å². The summed E-state index contributed by atoms with van der Waals surface area (Å²) in [6.45, 7) is 2.36. The molecule has 0 spiro atoms. The Kier molecular flexibility index (Phi) is 3.46. The van der Waals surface area contributed by atoms with Crippen molar-refractivity contribution in [2.24, 2.45) is 11.7 Å². The molecule has 0 aliphatic rings. The Morgan fingerprint density at radius 2 is 2.33 bits per heavy atom. The van der Waals surface area contributed by atoms with Crippen molar-refractivity contribution in [3.05, 3.63) is 12.4 Å². The van der Waals surface area contributed by atoms with Gasteiger partial charge in [-0.1, -0.05) is 19.1 Å². The minimum Gasteiger partial charge on any atom is -0.393 e. The lowest BCUT2D eigenvalue weighted by Crippen LogP contribution is -2.23. The molecule has 5 nitrogen and oxygen atoms in total. The fraction of sp³-hybridized carbons (Fsp3) is 0.500. The molecule has 1 unspecified atom stereocenters. The lowest BCUT2D eigenvalue weighted by atomic mass is 10.2. The molecule has 1 heterocycles. The largest absolute Gasteiger partial charge is 0.393 e. The van der Waals surface area contributed by atoms with Crippen LogP contribution >= 0.6 is 12.2 Å². The Labute approximate surface area is 94.2 Å². The summed E-state index contributed by atoms with van der Waals surface area (Å²) in [5, 5.41) is 3.93. The third-order valence-corrected chi connectivity index (χ3v) is 3.45. The highest BCUT2D eigenvalue weighted by Gasteiger charge is 2.12. The number of nitrogens with two attached hydrogens (primary N) is 1. The molecule has 0 aliphatic heterocycles. The van der Waals surface area contributed by atoms with E-state index in [0.717, 1.165) is 6.26 Å². The highest BCUT2D eigenvalue weighted by molar-refractivity contribution is 7.90. The second-order valence-electron chi connectivity index (χ2n) is 3.47. The summed E-state index contributed by atoms with van der Waals surface area (Å²) in [4.78, 5) is 0.601. The van der Waals surface area contributed by atoms with E-state index < -0.39 is 9.84 Å². The molecule has 15 heavy (non-hydrogen) atoms. The van der Waals surface area contributed by atoms with Crippen molar-refractivity contribution < 1.29 is 8.42 Å². The van der Waals surface area contributed by atoms with Crippen LogP contribution in [0.25, 0.3) is 0 Å². The molecule has 0 aliphatic carbocycles. The van der Waals surface area contributed by atoms with E-state index in [1.165, 1.54) is 17.1 Å². The summed E-state index contributed by atoms with van der Waals surface area (Å²) >= 11 is 4.82. The van der Waals surface area contributed by atoms with E-state index in [1.54, 1.807) is 0 Å². The third-order valence-electron chi connectivity index (χ3n) is 1.98. The molecule has 0 radical (unpaired) electrons. The van der Waals surface area contributed by atoms with Gasteiger partial charge in [-0.05, 0) is 0 Å². The maximum absolute atomic E-state index is 11.2. The molecule has 1 atom stereocenters. The van der Waals surface area contributed by atoms with Crippen LogP contribution in [0.3, 0.4) is 0 Å². The Bertz CT molecular complexity index is 464. The molecule has 0 saturated carbocycles. The van der Waals surface area contributed by atoms with Gasteiger partial charge in [0.25, 0.3) is 0 Å². The van der Waals surface area contributed by atoms with Gasteiger partial charge < -0.3 is 5.73 Å². The van der Waals surface area contributed by atoms with Gasteiger partial charge >= 0.3 is 0 Å². The highest BCUT2D eigenvalue weighted by atomic mass is 32.2. The van der Waals surface area contributed by atoms with E-state index in [1.807, 2.05) is 6.92 Å². The number of aromatic nitrogens is 2. The Morgan fingerprint density at radius 3 is 2.73 bits per heavy atom. The maximum atomic E-state index is 11.2. The van der Waals surface area contributed by atoms with Crippen molar-refractivity contribution >= 4 is 27.0 Å². The van der Waals surface area contributed by atoms with Gasteiger partial charge in [0.1, 0.15) is 4.90 Å². The first-order valence-corrected chi connectivity index (χ1v) is 6.62. The summed E-state index contributed by atoms with van der Waals surface area (Å²) in [5.41, 5.74) is 5.45. The summed E-state index contributed by atoms with van der Waals surface area (Å²) in [6.07, 6.45) is 3.94. The first kappa shape index (κ1) is 12.1. The van der Waals surface area contributed by atoms with Crippen molar-refractivity contribution in [1.29, 1.82) is 0 Å². The second-order valence-corrected chi connectivity index (χ2v) is 5.96. The smallest absolute Gasteiger partial charge is 0.178 e. The average molecular weight is 247 g/mol. The van der Waals surface area contributed by atoms with Crippen molar-refractivity contribution in [2.75, 3.05) is 6.26 Å². The SMILES string of the molecule is CC(Cn1cc(S(C)(=O)=O)cn1)C(N)=S. The monoisotopic (exact) mass is 247 g/mol. The Balaban J connectivity index is 2.82. The topological polar surface area (TPSA) is 78.0 Å². The number of sulfone groups is 1. The molecule has 1 rings (SSSR count). The number of hydrogen-bond donors (Lipinski definition) is 1. The average Bonchev–Trinajstić information content (AvgIpc) is 2.51. The first-order chi connectivity index (χ1) is 6.80. The van der Waals surface area contributed by atoms with Crippen LogP contribution < -0.4 is 5.73 Å². The van der Waals surface area contributed by atoms with Gasteiger partial charge in [-0.15, -0.1) is 0 Å². The predicted octanol–water partition coefficient (Wildman–Crippen LogP) is 0.209. The summed E-state index contributed by atoms with van der Waals surface area (Å²) in [6, 6.07) is 0. The standard InChI is InChI=1S/C8H13N3O2S2/c1-6(8(9)14)4-11-5-7(3-10-11)15(2,12)13/h3,5-6H,4H2,1-2H3,(H2,9,14). The molecule has 1 aromatic rings. The lowest BCUT2D eigenvalue weighted by molar-refractivity contribution is 0.541. The fourth-order valence-electron chi connectivity index (χ4n) is 1.01. The van der Waals surface area contributed by atoms with Crippen LogP contribution in [0.4, 0.5) is 0 Å². The van der Waals surface area contributed by atoms with Gasteiger partial charge in [-0.25, -0.2) is 8.42 Å². The van der Waals surface area contributed by atoms with Crippen molar-refractivity contribution in [1.82, 2.24) is 9.78 Å². The van der Waals surface area contributed by atoms with E-state index in [2.05, 4.69) is 5.10 Å².